The van der Waals surface area contributed by atoms with Crippen molar-refractivity contribution in [3.8, 4) is 0 Å². The quantitative estimate of drug-likeness (QED) is 0.425. The van der Waals surface area contributed by atoms with Gasteiger partial charge in [0.25, 0.3) is 0 Å². The van der Waals surface area contributed by atoms with E-state index in [0.29, 0.717) is 0 Å². The molecule has 31 heavy (non-hydrogen) atoms. The summed E-state index contributed by atoms with van der Waals surface area (Å²) in [4.78, 5) is 5.44. The Morgan fingerprint density at radius 1 is 0.484 bits per heavy atom. The van der Waals surface area contributed by atoms with Crippen LogP contribution in [0, 0.1) is 11.8 Å². The molecule has 0 spiro atoms. The molecule has 4 rings (SSSR count). The first-order valence-electron chi connectivity index (χ1n) is 14.4. The zero-order chi connectivity index (χ0) is 23.5. The first-order chi connectivity index (χ1) is 15.0. The van der Waals surface area contributed by atoms with Crippen LogP contribution in [0.2, 0.25) is 0 Å². The molecule has 2 aliphatic carbocycles. The third kappa shape index (κ3) is 14.6. The maximum atomic E-state index is 2.72. The van der Waals surface area contributed by atoms with Gasteiger partial charge in [0.05, 0.1) is 0 Å². The van der Waals surface area contributed by atoms with Crippen LogP contribution in [0.1, 0.15) is 139 Å². The van der Waals surface area contributed by atoms with Crippen molar-refractivity contribution in [1.82, 2.24) is 9.80 Å². The van der Waals surface area contributed by atoms with Gasteiger partial charge >= 0.3 is 0 Å². The van der Waals surface area contributed by atoms with E-state index in [9.17, 15) is 0 Å². The summed E-state index contributed by atoms with van der Waals surface area (Å²) in [7, 11) is 0. The van der Waals surface area contributed by atoms with Gasteiger partial charge in [-0.25, -0.2) is 0 Å². The van der Waals surface area contributed by atoms with Crippen LogP contribution in [0.25, 0.3) is 0 Å². The standard InChI is InChI=1S/2C10H19N.3C3H8/c2*1-9-4-3-7-11(8-9)10-5-2-6-10;3*1-3-2/h2*9-10H,2-8H2,1H3;3*3H2,1-2H3/t2*9-;;;/m10.../s1. The van der Waals surface area contributed by atoms with Crippen LogP contribution in [0.15, 0.2) is 0 Å². The van der Waals surface area contributed by atoms with Gasteiger partial charge in [-0.1, -0.05) is 87.5 Å². The molecule has 0 bridgehead atoms. The minimum absolute atomic E-state index is 0.962. The lowest BCUT2D eigenvalue weighted by Crippen LogP contribution is -2.45. The van der Waals surface area contributed by atoms with Crippen molar-refractivity contribution < 1.29 is 0 Å². The normalized spacial score (nSPS) is 26.7. The van der Waals surface area contributed by atoms with Crippen LogP contribution in [0.3, 0.4) is 0 Å². The van der Waals surface area contributed by atoms with Crippen molar-refractivity contribution in [2.75, 3.05) is 26.2 Å². The molecule has 4 aliphatic rings. The van der Waals surface area contributed by atoms with Crippen LogP contribution in [0.4, 0.5) is 0 Å². The molecule has 0 amide bonds. The van der Waals surface area contributed by atoms with E-state index in [0.717, 1.165) is 23.9 Å². The largest absolute Gasteiger partial charge is 0.300 e. The first-order valence-corrected chi connectivity index (χ1v) is 14.4. The number of likely N-dealkylation sites (tertiary alicyclic amines) is 2. The van der Waals surface area contributed by atoms with Gasteiger partial charge in [-0.15, -0.1) is 0 Å². The fourth-order valence-corrected chi connectivity index (χ4v) is 4.62. The summed E-state index contributed by atoms with van der Waals surface area (Å²) in [6, 6.07) is 1.97. The molecule has 2 atom stereocenters. The average molecular weight is 439 g/mol. The molecule has 0 aromatic heterocycles. The van der Waals surface area contributed by atoms with E-state index in [1.807, 2.05) is 0 Å². The molecule has 0 unspecified atom stereocenters. The number of piperidine rings is 2. The number of hydrogen-bond donors (Lipinski definition) is 0. The second-order valence-corrected chi connectivity index (χ2v) is 10.8. The number of hydrogen-bond acceptors (Lipinski definition) is 2. The Hall–Kier alpha value is -0.0800. The second kappa shape index (κ2) is 20.5. The Morgan fingerprint density at radius 2 is 0.774 bits per heavy atom. The molecule has 2 heterocycles. The summed E-state index contributed by atoms with van der Waals surface area (Å²) >= 11 is 0. The fraction of sp³-hybridized carbons (Fsp3) is 1.00. The highest BCUT2D eigenvalue weighted by molar-refractivity contribution is 4.84. The van der Waals surface area contributed by atoms with Crippen LogP contribution in [0.5, 0.6) is 0 Å². The summed E-state index contributed by atoms with van der Waals surface area (Å²) in [6.45, 7) is 23.1. The van der Waals surface area contributed by atoms with Gasteiger partial charge in [-0.3, -0.25) is 0 Å². The Labute approximate surface area is 198 Å². The average Bonchev–Trinajstić information content (AvgIpc) is 2.62. The van der Waals surface area contributed by atoms with Crippen molar-refractivity contribution in [1.29, 1.82) is 0 Å². The highest BCUT2D eigenvalue weighted by Crippen LogP contribution is 2.29. The van der Waals surface area contributed by atoms with Gasteiger partial charge in [-0.2, -0.15) is 0 Å². The van der Waals surface area contributed by atoms with Gasteiger partial charge in [-0.05, 0) is 76.3 Å². The lowest BCUT2D eigenvalue weighted by Gasteiger charge is -2.41. The minimum atomic E-state index is 0.962. The maximum Gasteiger partial charge on any atom is 0.00953 e. The Morgan fingerprint density at radius 3 is 0.968 bits per heavy atom. The Kier molecular flexibility index (Phi) is 20.5. The van der Waals surface area contributed by atoms with Gasteiger partial charge in [0.2, 0.25) is 0 Å². The number of rotatable bonds is 2. The topological polar surface area (TPSA) is 6.48 Å². The van der Waals surface area contributed by atoms with Crippen molar-refractivity contribution >= 4 is 0 Å². The molecule has 2 nitrogen and oxygen atoms in total. The first kappa shape index (κ1) is 30.9. The smallest absolute Gasteiger partial charge is 0.00953 e. The van der Waals surface area contributed by atoms with E-state index in [-0.39, 0.29) is 0 Å². The van der Waals surface area contributed by atoms with Gasteiger partial charge in [0.1, 0.15) is 0 Å². The van der Waals surface area contributed by atoms with E-state index >= 15 is 0 Å². The SMILES string of the molecule is CCC.CCC.CCC.C[C@@H]1CCCN(C2CCC2)C1.C[C@H]1CCCN(C2CCC2)C1. The summed E-state index contributed by atoms with van der Waals surface area (Å²) < 4.78 is 0. The monoisotopic (exact) mass is 438 g/mol. The molecular weight excluding hydrogens is 376 g/mol. The van der Waals surface area contributed by atoms with Gasteiger partial charge in [0.15, 0.2) is 0 Å². The van der Waals surface area contributed by atoms with Crippen LogP contribution >= 0.6 is 0 Å². The van der Waals surface area contributed by atoms with Crippen molar-refractivity contribution in [3.63, 3.8) is 0 Å². The summed E-state index contributed by atoms with van der Waals surface area (Å²) in [5, 5.41) is 0. The van der Waals surface area contributed by atoms with Gasteiger partial charge < -0.3 is 9.80 Å². The lowest BCUT2D eigenvalue weighted by molar-refractivity contribution is 0.0817. The van der Waals surface area contributed by atoms with E-state index in [4.69, 9.17) is 0 Å². The zero-order valence-corrected chi connectivity index (χ0v) is 23.2. The Balaban J connectivity index is 0.000000424. The third-order valence-electron chi connectivity index (χ3n) is 6.56. The third-order valence-corrected chi connectivity index (χ3v) is 6.56. The predicted octanol–water partition coefficient (Wildman–Crippen LogP) is 8.79. The molecular formula is C29H62N2. The highest BCUT2D eigenvalue weighted by Gasteiger charge is 2.28. The molecule has 4 fully saturated rings. The summed E-state index contributed by atoms with van der Waals surface area (Å²) in [5.74, 6) is 1.92. The predicted molar refractivity (Wildman–Crippen MR) is 143 cm³/mol. The van der Waals surface area contributed by atoms with Crippen LogP contribution < -0.4 is 0 Å². The maximum absolute atomic E-state index is 2.72. The van der Waals surface area contributed by atoms with Crippen molar-refractivity contribution in [2.45, 2.75) is 151 Å². The molecule has 0 aromatic carbocycles. The molecule has 2 saturated heterocycles. The minimum Gasteiger partial charge on any atom is -0.300 e. The molecule has 2 saturated carbocycles. The van der Waals surface area contributed by atoms with Gasteiger partial charge in [0, 0.05) is 25.2 Å². The molecule has 188 valence electrons. The van der Waals surface area contributed by atoms with E-state index in [2.05, 4.69) is 65.2 Å². The fourth-order valence-electron chi connectivity index (χ4n) is 4.62. The van der Waals surface area contributed by atoms with Crippen molar-refractivity contribution in [2.24, 2.45) is 11.8 Å². The van der Waals surface area contributed by atoms with Crippen molar-refractivity contribution in [3.05, 3.63) is 0 Å². The highest BCUT2D eigenvalue weighted by atomic mass is 15.2. The molecule has 2 aliphatic heterocycles. The second-order valence-electron chi connectivity index (χ2n) is 10.8. The van der Waals surface area contributed by atoms with E-state index in [1.165, 1.54) is 110 Å². The van der Waals surface area contributed by atoms with E-state index < -0.39 is 0 Å². The summed E-state index contributed by atoms with van der Waals surface area (Å²) in [6.07, 6.45) is 18.4. The summed E-state index contributed by atoms with van der Waals surface area (Å²) in [5.41, 5.74) is 0. The Bertz CT molecular complexity index is 325. The van der Waals surface area contributed by atoms with Crippen LogP contribution in [-0.2, 0) is 0 Å². The zero-order valence-electron chi connectivity index (χ0n) is 23.2. The molecule has 0 aromatic rings. The van der Waals surface area contributed by atoms with Crippen LogP contribution in [-0.4, -0.2) is 48.1 Å². The number of nitrogens with zero attached hydrogens (tertiary/aromatic N) is 2. The van der Waals surface area contributed by atoms with E-state index in [1.54, 1.807) is 0 Å². The molecule has 2 heteroatoms. The molecule has 0 radical (unpaired) electrons. The molecule has 0 N–H and O–H groups in total. The lowest BCUT2D eigenvalue weighted by atomic mass is 9.88.